The number of rotatable bonds is 7. The summed E-state index contributed by atoms with van der Waals surface area (Å²) in [6, 6.07) is 9.91. The summed E-state index contributed by atoms with van der Waals surface area (Å²) in [6.45, 7) is 2.05. The molecule has 0 atom stereocenters. The SMILES string of the molecule is CCOc1ccc(NC(=O)CN2C(=O)c3ccccc3S2(=O)=O)cc1S(=O)(=O)N1CCCC1. The van der Waals surface area contributed by atoms with Crippen LogP contribution in [0, 0.1) is 0 Å². The van der Waals surface area contributed by atoms with Gasteiger partial charge in [0.15, 0.2) is 0 Å². The highest BCUT2D eigenvalue weighted by Crippen LogP contribution is 2.32. The zero-order valence-corrected chi connectivity index (χ0v) is 19.5. The van der Waals surface area contributed by atoms with Crippen LogP contribution in [-0.4, -0.2) is 63.5 Å². The third kappa shape index (κ3) is 4.21. The van der Waals surface area contributed by atoms with Gasteiger partial charge in [-0.1, -0.05) is 12.1 Å². The van der Waals surface area contributed by atoms with Gasteiger partial charge in [-0.3, -0.25) is 9.59 Å². The number of nitrogens with one attached hydrogen (secondary N) is 1. The predicted molar refractivity (Wildman–Crippen MR) is 119 cm³/mol. The second-order valence-corrected chi connectivity index (χ2v) is 11.3. The topological polar surface area (TPSA) is 130 Å². The van der Waals surface area contributed by atoms with Gasteiger partial charge >= 0.3 is 0 Å². The lowest BCUT2D eigenvalue weighted by Crippen LogP contribution is -2.37. The van der Waals surface area contributed by atoms with Crippen LogP contribution in [-0.2, 0) is 24.8 Å². The van der Waals surface area contributed by atoms with Crippen LogP contribution >= 0.6 is 0 Å². The van der Waals surface area contributed by atoms with E-state index in [4.69, 9.17) is 4.74 Å². The average Bonchev–Trinajstić information content (AvgIpc) is 3.39. The molecule has 0 unspecified atom stereocenters. The maximum atomic E-state index is 13.1. The lowest BCUT2D eigenvalue weighted by Gasteiger charge is -2.19. The summed E-state index contributed by atoms with van der Waals surface area (Å²) in [5.41, 5.74) is 0.146. The third-order valence-electron chi connectivity index (χ3n) is 5.41. The van der Waals surface area contributed by atoms with Crippen molar-refractivity contribution in [2.75, 3.05) is 31.6 Å². The number of fused-ring (bicyclic) bond motifs is 1. The number of anilines is 1. The molecule has 1 fully saturated rings. The van der Waals surface area contributed by atoms with Crippen molar-refractivity contribution in [3.63, 3.8) is 0 Å². The van der Waals surface area contributed by atoms with Crippen LogP contribution in [0.3, 0.4) is 0 Å². The maximum absolute atomic E-state index is 13.1. The number of sulfonamides is 2. The van der Waals surface area contributed by atoms with Gasteiger partial charge in [0, 0.05) is 18.8 Å². The third-order valence-corrected chi connectivity index (χ3v) is 9.12. The number of carbonyl (C=O) groups excluding carboxylic acids is 2. The zero-order chi connectivity index (χ0) is 23.8. The van der Waals surface area contributed by atoms with E-state index in [0.29, 0.717) is 17.4 Å². The summed E-state index contributed by atoms with van der Waals surface area (Å²) in [5.74, 6) is -1.41. The Kier molecular flexibility index (Phi) is 6.16. The van der Waals surface area contributed by atoms with Gasteiger partial charge in [-0.05, 0) is 50.1 Å². The number of nitrogens with zero attached hydrogens (tertiary/aromatic N) is 2. The predicted octanol–water partition coefficient (Wildman–Crippen LogP) is 1.65. The fraction of sp³-hybridized carbons (Fsp3) is 0.333. The Labute approximate surface area is 192 Å². The molecule has 12 heteroatoms. The van der Waals surface area contributed by atoms with Crippen LogP contribution in [0.15, 0.2) is 52.3 Å². The van der Waals surface area contributed by atoms with Crippen molar-refractivity contribution in [2.24, 2.45) is 0 Å². The normalized spacial score (nSPS) is 17.7. The number of benzene rings is 2. The van der Waals surface area contributed by atoms with Gasteiger partial charge in [-0.15, -0.1) is 0 Å². The monoisotopic (exact) mass is 493 g/mol. The Bertz CT molecular complexity index is 1320. The first-order valence-corrected chi connectivity index (χ1v) is 13.3. The van der Waals surface area contributed by atoms with Crippen LogP contribution in [0.25, 0.3) is 0 Å². The highest BCUT2D eigenvalue weighted by atomic mass is 32.2. The van der Waals surface area contributed by atoms with E-state index in [9.17, 15) is 26.4 Å². The van der Waals surface area contributed by atoms with Crippen LogP contribution in [0.1, 0.15) is 30.1 Å². The fourth-order valence-corrected chi connectivity index (χ4v) is 7.05. The minimum Gasteiger partial charge on any atom is -0.492 e. The van der Waals surface area contributed by atoms with E-state index in [1.807, 2.05) is 0 Å². The smallest absolute Gasteiger partial charge is 0.269 e. The van der Waals surface area contributed by atoms with Gasteiger partial charge in [0.2, 0.25) is 15.9 Å². The van der Waals surface area contributed by atoms with E-state index in [2.05, 4.69) is 5.32 Å². The Hall–Kier alpha value is -2.96. The molecule has 33 heavy (non-hydrogen) atoms. The van der Waals surface area contributed by atoms with Crippen molar-refractivity contribution < 1.29 is 31.2 Å². The van der Waals surface area contributed by atoms with Crippen LogP contribution < -0.4 is 10.1 Å². The first kappa shape index (κ1) is 23.2. The molecule has 176 valence electrons. The molecule has 10 nitrogen and oxygen atoms in total. The Balaban J connectivity index is 1.57. The molecule has 0 aromatic heterocycles. The molecule has 1 N–H and O–H groups in total. The molecule has 2 aliphatic rings. The maximum Gasteiger partial charge on any atom is 0.269 e. The Morgan fingerprint density at radius 3 is 2.48 bits per heavy atom. The van der Waals surface area contributed by atoms with Crippen molar-refractivity contribution in [3.8, 4) is 5.75 Å². The van der Waals surface area contributed by atoms with E-state index in [1.165, 1.54) is 46.8 Å². The second kappa shape index (κ2) is 8.76. The van der Waals surface area contributed by atoms with Crippen molar-refractivity contribution in [1.82, 2.24) is 8.61 Å². The molecule has 0 saturated carbocycles. The van der Waals surface area contributed by atoms with Gasteiger partial charge in [-0.2, -0.15) is 4.31 Å². The van der Waals surface area contributed by atoms with Crippen LogP contribution in [0.4, 0.5) is 5.69 Å². The molecular weight excluding hydrogens is 470 g/mol. The van der Waals surface area contributed by atoms with Gasteiger partial charge in [0.05, 0.1) is 12.2 Å². The van der Waals surface area contributed by atoms with E-state index in [0.717, 1.165) is 12.8 Å². The molecule has 2 aromatic rings. The molecule has 1 saturated heterocycles. The summed E-state index contributed by atoms with van der Waals surface area (Å²) >= 11 is 0. The minimum atomic E-state index is -4.14. The standard InChI is InChI=1S/C21H23N3O7S2/c1-2-31-17-10-9-15(13-19(17)32(27,28)23-11-5-6-12-23)22-20(25)14-24-21(26)16-7-3-4-8-18(16)33(24,29)30/h3-4,7-10,13H,2,5-6,11-12,14H2,1H3,(H,22,25). The lowest BCUT2D eigenvalue weighted by molar-refractivity contribution is -0.116. The summed E-state index contributed by atoms with van der Waals surface area (Å²) in [7, 11) is -7.98. The van der Waals surface area contributed by atoms with E-state index in [-0.39, 0.29) is 33.4 Å². The first-order valence-electron chi connectivity index (χ1n) is 10.4. The molecule has 2 heterocycles. The van der Waals surface area contributed by atoms with Crippen molar-refractivity contribution in [3.05, 3.63) is 48.0 Å². The molecule has 2 aromatic carbocycles. The number of amides is 2. The number of hydrogen-bond donors (Lipinski definition) is 1. The second-order valence-electron chi connectivity index (χ2n) is 7.57. The van der Waals surface area contributed by atoms with Crippen LogP contribution in [0.5, 0.6) is 5.75 Å². The average molecular weight is 494 g/mol. The Morgan fingerprint density at radius 1 is 1.12 bits per heavy atom. The number of ether oxygens (including phenoxy) is 1. The highest BCUT2D eigenvalue weighted by Gasteiger charge is 2.41. The summed E-state index contributed by atoms with van der Waals surface area (Å²) in [5, 5.41) is 2.49. The summed E-state index contributed by atoms with van der Waals surface area (Å²) in [6.07, 6.45) is 1.53. The summed E-state index contributed by atoms with van der Waals surface area (Å²) in [4.78, 5) is 24.9. The van der Waals surface area contributed by atoms with E-state index >= 15 is 0 Å². The summed E-state index contributed by atoms with van der Waals surface area (Å²) < 4.78 is 58.9. The molecule has 0 bridgehead atoms. The van der Waals surface area contributed by atoms with Crippen molar-refractivity contribution in [1.29, 1.82) is 0 Å². The highest BCUT2D eigenvalue weighted by molar-refractivity contribution is 7.90. The number of hydrogen-bond acceptors (Lipinski definition) is 7. The molecule has 4 rings (SSSR count). The van der Waals surface area contributed by atoms with Gasteiger partial charge in [0.25, 0.3) is 15.9 Å². The van der Waals surface area contributed by atoms with Crippen LogP contribution in [0.2, 0.25) is 0 Å². The zero-order valence-electron chi connectivity index (χ0n) is 17.9. The van der Waals surface area contributed by atoms with Crippen molar-refractivity contribution in [2.45, 2.75) is 29.6 Å². The largest absolute Gasteiger partial charge is 0.492 e. The Morgan fingerprint density at radius 2 is 1.82 bits per heavy atom. The lowest BCUT2D eigenvalue weighted by atomic mass is 10.2. The minimum absolute atomic E-state index is 0.00496. The molecule has 2 aliphatic heterocycles. The van der Waals surface area contributed by atoms with Gasteiger partial charge < -0.3 is 10.1 Å². The molecule has 0 spiro atoms. The molecular formula is C21H23N3O7S2. The molecule has 2 amide bonds. The molecule has 0 aliphatic carbocycles. The van der Waals surface area contributed by atoms with Crippen molar-refractivity contribution >= 4 is 37.5 Å². The van der Waals surface area contributed by atoms with E-state index < -0.39 is 38.4 Å². The van der Waals surface area contributed by atoms with Gasteiger partial charge in [-0.25, -0.2) is 21.1 Å². The fourth-order valence-electron chi connectivity index (χ4n) is 3.85. The van der Waals surface area contributed by atoms with Gasteiger partial charge in [0.1, 0.15) is 22.1 Å². The van der Waals surface area contributed by atoms with E-state index in [1.54, 1.807) is 6.92 Å². The first-order chi connectivity index (χ1) is 15.7. The molecule has 0 radical (unpaired) electrons. The number of carbonyl (C=O) groups is 2. The quantitative estimate of drug-likeness (QED) is 0.621.